The van der Waals surface area contributed by atoms with Crippen molar-refractivity contribution in [1.82, 2.24) is 10.6 Å². The fourth-order valence-corrected chi connectivity index (χ4v) is 3.76. The van der Waals surface area contributed by atoms with Crippen molar-refractivity contribution < 1.29 is 23.6 Å². The summed E-state index contributed by atoms with van der Waals surface area (Å²) in [5.74, 6) is 0.184. The Balaban J connectivity index is 1.48. The summed E-state index contributed by atoms with van der Waals surface area (Å²) in [7, 11) is 0. The van der Waals surface area contributed by atoms with Crippen LogP contribution in [0.1, 0.15) is 38.3 Å². The number of nitrogens with one attached hydrogen (secondary N) is 1. The molecular formula is C25H21N3O5S. The van der Waals surface area contributed by atoms with E-state index in [2.05, 4.69) is 15.7 Å². The Kier molecular flexibility index (Phi) is 7.14. The molecule has 0 unspecified atom stereocenters. The lowest BCUT2D eigenvalue weighted by Gasteiger charge is -2.10. The zero-order valence-corrected chi connectivity index (χ0v) is 19.3. The molecule has 1 amide bonds. The Hall–Kier alpha value is -4.24. The highest BCUT2D eigenvalue weighted by Crippen LogP contribution is 2.29. The van der Waals surface area contributed by atoms with Gasteiger partial charge in [0.05, 0.1) is 12.8 Å². The molecule has 0 aliphatic rings. The van der Waals surface area contributed by atoms with E-state index in [9.17, 15) is 9.59 Å². The molecular weight excluding hydrogens is 454 g/mol. The largest absolute Gasteiger partial charge is 0.490 e. The Morgan fingerprint density at radius 2 is 1.94 bits per heavy atom. The number of benzene rings is 2. The highest BCUT2D eigenvalue weighted by atomic mass is 32.1. The fraction of sp³-hybridized carbons (Fsp3) is 0.120. The molecule has 0 aliphatic carbocycles. The second-order valence-corrected chi connectivity index (χ2v) is 7.98. The fourth-order valence-electron chi connectivity index (χ4n) is 3.16. The average molecular weight is 476 g/mol. The monoisotopic (exact) mass is 475 g/mol. The van der Waals surface area contributed by atoms with Crippen molar-refractivity contribution in [2.24, 2.45) is 5.10 Å². The van der Waals surface area contributed by atoms with Gasteiger partial charge in [-0.05, 0) is 49.1 Å². The van der Waals surface area contributed by atoms with E-state index in [1.165, 1.54) is 17.6 Å². The quantitative estimate of drug-likeness (QED) is 0.165. The van der Waals surface area contributed by atoms with Gasteiger partial charge in [-0.3, -0.25) is 4.79 Å². The lowest BCUT2D eigenvalue weighted by molar-refractivity contribution is 0.0733. The maximum atomic E-state index is 12.8. The van der Waals surface area contributed by atoms with E-state index >= 15 is 0 Å². The van der Waals surface area contributed by atoms with Crippen molar-refractivity contribution in [2.45, 2.75) is 13.8 Å². The Labute approximate surface area is 199 Å². The Bertz CT molecular complexity index is 1310. The third-order valence-electron chi connectivity index (χ3n) is 4.71. The molecule has 0 saturated carbocycles. The molecule has 0 radical (unpaired) electrons. The Morgan fingerprint density at radius 1 is 1.12 bits per heavy atom. The molecule has 4 rings (SSSR count). The highest BCUT2D eigenvalue weighted by Gasteiger charge is 2.21. The number of ether oxygens (including phenoxy) is 2. The van der Waals surface area contributed by atoms with Gasteiger partial charge in [0.25, 0.3) is 5.91 Å². The number of amides is 1. The number of carbonyl (C=O) groups excluding carboxylic acids is 2. The topological polar surface area (TPSA) is 103 Å². The van der Waals surface area contributed by atoms with Crippen LogP contribution in [0, 0.1) is 6.92 Å². The summed E-state index contributed by atoms with van der Waals surface area (Å²) < 4.78 is 16.3. The SMILES string of the molecule is CCOc1cc(C=NNC(=O)c2c(-c3ccccc3)noc2C)ccc1OC(=O)c1cccs1. The van der Waals surface area contributed by atoms with Crippen LogP contribution in [0.4, 0.5) is 0 Å². The molecule has 4 aromatic rings. The smallest absolute Gasteiger partial charge is 0.353 e. The molecule has 0 saturated heterocycles. The first-order chi connectivity index (χ1) is 16.6. The number of carbonyl (C=O) groups is 2. The van der Waals surface area contributed by atoms with E-state index in [0.29, 0.717) is 45.6 Å². The number of hydrazone groups is 1. The summed E-state index contributed by atoms with van der Waals surface area (Å²) >= 11 is 1.30. The van der Waals surface area contributed by atoms with Crippen LogP contribution >= 0.6 is 11.3 Å². The third kappa shape index (κ3) is 5.21. The van der Waals surface area contributed by atoms with E-state index in [-0.39, 0.29) is 0 Å². The second-order valence-electron chi connectivity index (χ2n) is 7.03. The maximum absolute atomic E-state index is 12.8. The lowest BCUT2D eigenvalue weighted by Crippen LogP contribution is -2.18. The van der Waals surface area contributed by atoms with Crippen molar-refractivity contribution in [3.8, 4) is 22.8 Å². The van der Waals surface area contributed by atoms with Gasteiger partial charge in [0.15, 0.2) is 11.5 Å². The van der Waals surface area contributed by atoms with Crippen LogP contribution in [0.2, 0.25) is 0 Å². The number of rotatable bonds is 8. The van der Waals surface area contributed by atoms with Gasteiger partial charge < -0.3 is 14.0 Å². The molecule has 34 heavy (non-hydrogen) atoms. The number of hydrogen-bond donors (Lipinski definition) is 1. The van der Waals surface area contributed by atoms with Crippen molar-refractivity contribution in [3.05, 3.63) is 87.8 Å². The molecule has 1 N–H and O–H groups in total. The first kappa shape index (κ1) is 22.9. The summed E-state index contributed by atoms with van der Waals surface area (Å²) in [5.41, 5.74) is 4.68. The van der Waals surface area contributed by atoms with Gasteiger partial charge in [0.2, 0.25) is 0 Å². The maximum Gasteiger partial charge on any atom is 0.353 e. The summed E-state index contributed by atoms with van der Waals surface area (Å²) in [4.78, 5) is 25.5. The van der Waals surface area contributed by atoms with E-state index in [0.717, 1.165) is 5.56 Å². The summed E-state index contributed by atoms with van der Waals surface area (Å²) in [6.45, 7) is 3.88. The van der Waals surface area contributed by atoms with Crippen molar-refractivity contribution in [2.75, 3.05) is 6.61 Å². The van der Waals surface area contributed by atoms with Crippen LogP contribution in [0.15, 0.2) is 75.7 Å². The molecule has 8 nitrogen and oxygen atoms in total. The summed E-state index contributed by atoms with van der Waals surface area (Å²) in [6.07, 6.45) is 1.47. The zero-order chi connectivity index (χ0) is 23.9. The van der Waals surface area contributed by atoms with Crippen LogP contribution in [-0.2, 0) is 0 Å². The van der Waals surface area contributed by atoms with E-state index in [1.807, 2.05) is 37.3 Å². The van der Waals surface area contributed by atoms with Crippen LogP contribution in [0.3, 0.4) is 0 Å². The number of aromatic nitrogens is 1. The second kappa shape index (κ2) is 10.6. The molecule has 0 aliphatic heterocycles. The molecule has 2 aromatic heterocycles. The van der Waals surface area contributed by atoms with Crippen LogP contribution in [0.25, 0.3) is 11.3 Å². The standard InChI is InChI=1S/C25H21N3O5S/c1-3-31-20-14-17(11-12-19(20)32-25(30)21-10-7-13-34-21)15-26-27-24(29)22-16(2)33-28-23(22)18-8-5-4-6-9-18/h4-15H,3H2,1-2H3,(H,27,29). The normalized spacial score (nSPS) is 10.9. The Morgan fingerprint density at radius 3 is 2.68 bits per heavy atom. The minimum absolute atomic E-state index is 0.300. The van der Waals surface area contributed by atoms with E-state index in [4.69, 9.17) is 14.0 Å². The van der Waals surface area contributed by atoms with E-state index in [1.54, 1.807) is 42.6 Å². The number of esters is 1. The zero-order valence-electron chi connectivity index (χ0n) is 18.5. The van der Waals surface area contributed by atoms with Gasteiger partial charge in [-0.15, -0.1) is 11.3 Å². The number of thiophene rings is 1. The molecule has 0 bridgehead atoms. The van der Waals surface area contributed by atoms with Crippen molar-refractivity contribution >= 4 is 29.4 Å². The lowest BCUT2D eigenvalue weighted by atomic mass is 10.1. The van der Waals surface area contributed by atoms with Gasteiger partial charge in [0, 0.05) is 5.56 Å². The molecule has 2 aromatic carbocycles. The highest BCUT2D eigenvalue weighted by molar-refractivity contribution is 7.12. The molecule has 9 heteroatoms. The summed E-state index contributed by atoms with van der Waals surface area (Å²) in [5, 5.41) is 9.87. The van der Waals surface area contributed by atoms with Gasteiger partial charge in [-0.1, -0.05) is 41.6 Å². The molecule has 0 atom stereocenters. The number of aryl methyl sites for hydroxylation is 1. The van der Waals surface area contributed by atoms with Crippen molar-refractivity contribution in [3.63, 3.8) is 0 Å². The summed E-state index contributed by atoms with van der Waals surface area (Å²) in [6, 6.07) is 17.8. The van der Waals surface area contributed by atoms with Crippen LogP contribution in [0.5, 0.6) is 11.5 Å². The van der Waals surface area contributed by atoms with Crippen LogP contribution < -0.4 is 14.9 Å². The minimum Gasteiger partial charge on any atom is -0.490 e. The van der Waals surface area contributed by atoms with Crippen LogP contribution in [-0.4, -0.2) is 29.9 Å². The average Bonchev–Trinajstić information content (AvgIpc) is 3.51. The molecule has 2 heterocycles. The number of hydrogen-bond acceptors (Lipinski definition) is 8. The predicted octanol–water partition coefficient (Wildman–Crippen LogP) is 5.09. The third-order valence-corrected chi connectivity index (χ3v) is 5.56. The van der Waals surface area contributed by atoms with E-state index < -0.39 is 11.9 Å². The first-order valence-corrected chi connectivity index (χ1v) is 11.3. The van der Waals surface area contributed by atoms with Gasteiger partial charge in [-0.2, -0.15) is 5.10 Å². The molecule has 172 valence electrons. The van der Waals surface area contributed by atoms with Gasteiger partial charge in [-0.25, -0.2) is 10.2 Å². The number of nitrogens with zero attached hydrogens (tertiary/aromatic N) is 2. The van der Waals surface area contributed by atoms with Crippen molar-refractivity contribution in [1.29, 1.82) is 0 Å². The van der Waals surface area contributed by atoms with Gasteiger partial charge >= 0.3 is 5.97 Å². The predicted molar refractivity (Wildman–Crippen MR) is 129 cm³/mol. The van der Waals surface area contributed by atoms with Gasteiger partial charge in [0.1, 0.15) is 21.9 Å². The first-order valence-electron chi connectivity index (χ1n) is 10.4. The minimum atomic E-state index is -0.456. The molecule has 0 spiro atoms. The molecule has 0 fully saturated rings.